The zero-order chi connectivity index (χ0) is 13.7. The maximum Gasteiger partial charge on any atom is 0.338 e. The molecule has 0 saturated carbocycles. The normalized spacial score (nSPS) is 17.7. The molecule has 0 heterocycles. The van der Waals surface area contributed by atoms with Crippen molar-refractivity contribution in [2.24, 2.45) is 0 Å². The van der Waals surface area contributed by atoms with E-state index in [0.29, 0.717) is 6.42 Å². The van der Waals surface area contributed by atoms with Gasteiger partial charge in [-0.1, -0.05) is 6.92 Å². The van der Waals surface area contributed by atoms with Crippen LogP contribution in [0, 0.1) is 0 Å². The van der Waals surface area contributed by atoms with E-state index >= 15 is 0 Å². The highest BCUT2D eigenvalue weighted by molar-refractivity contribution is 5.86. The lowest BCUT2D eigenvalue weighted by molar-refractivity contribution is -0.133. The molecule has 0 radical (unpaired) electrons. The zero-order valence-electron chi connectivity index (χ0n) is 11.3. The van der Waals surface area contributed by atoms with Gasteiger partial charge in [0, 0.05) is 12.8 Å². The third kappa shape index (κ3) is 3.63. The van der Waals surface area contributed by atoms with Crippen LogP contribution < -0.4 is 0 Å². The van der Waals surface area contributed by atoms with Gasteiger partial charge in [0.2, 0.25) is 0 Å². The molecule has 0 aliphatic heterocycles. The number of carboxylic acid groups (broad SMARTS) is 1. The monoisotopic (exact) mass is 264 g/mol. The Morgan fingerprint density at radius 1 is 1.16 bits per heavy atom. The first-order chi connectivity index (χ1) is 9.20. The lowest BCUT2D eigenvalue weighted by Crippen LogP contribution is -2.09. The van der Waals surface area contributed by atoms with Crippen molar-refractivity contribution in [3.63, 3.8) is 0 Å². The summed E-state index contributed by atoms with van der Waals surface area (Å²) in [6, 6.07) is 0. The van der Waals surface area contributed by atoms with Gasteiger partial charge in [0.1, 0.15) is 17.1 Å². The van der Waals surface area contributed by atoms with Crippen molar-refractivity contribution in [3.8, 4) is 0 Å². The van der Waals surface area contributed by atoms with Crippen LogP contribution in [0.3, 0.4) is 0 Å². The Morgan fingerprint density at radius 2 is 1.68 bits per heavy atom. The van der Waals surface area contributed by atoms with E-state index in [9.17, 15) is 9.90 Å². The van der Waals surface area contributed by atoms with Gasteiger partial charge in [-0.3, -0.25) is 0 Å². The summed E-state index contributed by atoms with van der Waals surface area (Å²) in [7, 11) is 0. The van der Waals surface area contributed by atoms with Crippen LogP contribution in [0.5, 0.6) is 0 Å². The molecule has 0 unspecified atom stereocenters. The first-order valence-corrected chi connectivity index (χ1v) is 6.91. The fourth-order valence-electron chi connectivity index (χ4n) is 2.23. The number of allylic oxidation sites excluding steroid dienone is 4. The maximum absolute atomic E-state index is 11.3. The molecule has 0 saturated heterocycles. The number of hydrogen-bond acceptors (Lipinski definition) is 3. The van der Waals surface area contributed by atoms with Crippen molar-refractivity contribution in [3.05, 3.63) is 35.2 Å². The average Bonchev–Trinajstić information content (AvgIpc) is 3.02. The third-order valence-electron chi connectivity index (χ3n) is 3.30. The molecule has 0 amide bonds. The highest BCUT2D eigenvalue weighted by Crippen LogP contribution is 2.28. The second-order valence-electron chi connectivity index (χ2n) is 4.75. The molecule has 0 fully saturated rings. The van der Waals surface area contributed by atoms with Gasteiger partial charge in [-0.05, 0) is 44.3 Å². The predicted octanol–water partition coefficient (Wildman–Crippen LogP) is 3.86. The van der Waals surface area contributed by atoms with Gasteiger partial charge < -0.3 is 14.6 Å². The Hall–Kier alpha value is -1.71. The molecule has 0 aromatic carbocycles. The Balaban J connectivity index is 2.17. The van der Waals surface area contributed by atoms with E-state index in [0.717, 1.165) is 50.0 Å². The van der Waals surface area contributed by atoms with Crippen molar-refractivity contribution in [1.29, 1.82) is 0 Å². The SMILES string of the molecule is CCC(C(=O)O)=C(OC1=CCCC1)OC1=CCCC1. The van der Waals surface area contributed by atoms with E-state index in [1.165, 1.54) is 0 Å². The van der Waals surface area contributed by atoms with Crippen molar-refractivity contribution in [1.82, 2.24) is 0 Å². The summed E-state index contributed by atoms with van der Waals surface area (Å²) in [5, 5.41) is 9.23. The molecule has 4 nitrogen and oxygen atoms in total. The fourth-order valence-corrected chi connectivity index (χ4v) is 2.23. The number of hydrogen-bond donors (Lipinski definition) is 1. The van der Waals surface area contributed by atoms with E-state index in [1.807, 2.05) is 12.2 Å². The Kier molecular flexibility index (Phi) is 4.66. The number of carboxylic acids is 1. The molecule has 2 aliphatic rings. The zero-order valence-corrected chi connectivity index (χ0v) is 11.3. The van der Waals surface area contributed by atoms with Gasteiger partial charge in [0.25, 0.3) is 5.95 Å². The van der Waals surface area contributed by atoms with Crippen molar-refractivity contribution in [2.75, 3.05) is 0 Å². The van der Waals surface area contributed by atoms with Crippen molar-refractivity contribution >= 4 is 5.97 Å². The van der Waals surface area contributed by atoms with Crippen LogP contribution in [-0.2, 0) is 14.3 Å². The minimum Gasteiger partial charge on any atom is -0.478 e. The molecule has 19 heavy (non-hydrogen) atoms. The van der Waals surface area contributed by atoms with Gasteiger partial charge in [0.05, 0.1) is 0 Å². The number of carbonyl (C=O) groups is 1. The van der Waals surface area contributed by atoms with Crippen molar-refractivity contribution in [2.45, 2.75) is 51.9 Å². The molecule has 0 aromatic rings. The number of aliphatic carboxylic acids is 1. The van der Waals surface area contributed by atoms with Crippen molar-refractivity contribution < 1.29 is 19.4 Å². The Bertz CT molecular complexity index is 415. The molecular formula is C15H20O4. The predicted molar refractivity (Wildman–Crippen MR) is 71.0 cm³/mol. The van der Waals surface area contributed by atoms with E-state index in [-0.39, 0.29) is 11.5 Å². The summed E-state index contributed by atoms with van der Waals surface area (Å²) in [5.74, 6) is 0.813. The summed E-state index contributed by atoms with van der Waals surface area (Å²) < 4.78 is 11.4. The van der Waals surface area contributed by atoms with Gasteiger partial charge in [-0.25, -0.2) is 4.79 Å². The topological polar surface area (TPSA) is 55.8 Å². The third-order valence-corrected chi connectivity index (χ3v) is 3.30. The highest BCUT2D eigenvalue weighted by Gasteiger charge is 2.21. The summed E-state index contributed by atoms with van der Waals surface area (Å²) in [5.41, 5.74) is 0.195. The lowest BCUT2D eigenvalue weighted by atomic mass is 10.2. The molecule has 2 rings (SSSR count). The molecule has 1 N–H and O–H groups in total. The van der Waals surface area contributed by atoms with Crippen LogP contribution in [0.25, 0.3) is 0 Å². The second kappa shape index (κ2) is 6.45. The average molecular weight is 264 g/mol. The maximum atomic E-state index is 11.3. The van der Waals surface area contributed by atoms with Crippen LogP contribution in [-0.4, -0.2) is 11.1 Å². The molecule has 0 atom stereocenters. The second-order valence-corrected chi connectivity index (χ2v) is 4.75. The summed E-state index contributed by atoms with van der Waals surface area (Å²) >= 11 is 0. The standard InChI is InChI=1S/C15H20O4/c1-2-13(14(16)17)15(18-11-7-3-4-8-11)19-12-9-5-6-10-12/h7,9H,2-6,8,10H2,1H3,(H,16,17). The van der Waals surface area contributed by atoms with Gasteiger partial charge in [-0.15, -0.1) is 0 Å². The summed E-state index contributed by atoms with van der Waals surface area (Å²) in [6.45, 7) is 1.79. The summed E-state index contributed by atoms with van der Waals surface area (Å²) in [4.78, 5) is 11.3. The molecule has 0 spiro atoms. The molecule has 0 bridgehead atoms. The van der Waals surface area contributed by atoms with Crippen LogP contribution in [0.1, 0.15) is 51.9 Å². The summed E-state index contributed by atoms with van der Waals surface area (Å²) in [6.07, 6.45) is 10.2. The first-order valence-electron chi connectivity index (χ1n) is 6.91. The van der Waals surface area contributed by atoms with E-state index in [2.05, 4.69) is 0 Å². The Labute approximate surface area is 113 Å². The van der Waals surface area contributed by atoms with E-state index < -0.39 is 5.97 Å². The van der Waals surface area contributed by atoms with Crippen LogP contribution in [0.4, 0.5) is 0 Å². The van der Waals surface area contributed by atoms with E-state index in [1.54, 1.807) is 6.92 Å². The van der Waals surface area contributed by atoms with Gasteiger partial charge in [0.15, 0.2) is 0 Å². The highest BCUT2D eigenvalue weighted by atomic mass is 16.7. The molecule has 2 aliphatic carbocycles. The minimum atomic E-state index is -0.977. The molecule has 104 valence electrons. The quantitative estimate of drug-likeness (QED) is 0.584. The lowest BCUT2D eigenvalue weighted by Gasteiger charge is -2.15. The Morgan fingerprint density at radius 3 is 2.00 bits per heavy atom. The molecular weight excluding hydrogens is 244 g/mol. The minimum absolute atomic E-state index is 0.149. The number of ether oxygens (including phenoxy) is 2. The number of rotatable bonds is 6. The smallest absolute Gasteiger partial charge is 0.338 e. The fraction of sp³-hybridized carbons (Fsp3) is 0.533. The van der Waals surface area contributed by atoms with Crippen LogP contribution in [0.15, 0.2) is 35.2 Å². The van der Waals surface area contributed by atoms with Gasteiger partial charge in [-0.2, -0.15) is 0 Å². The van der Waals surface area contributed by atoms with E-state index in [4.69, 9.17) is 9.47 Å². The van der Waals surface area contributed by atoms with Crippen LogP contribution >= 0.6 is 0 Å². The first kappa shape index (κ1) is 13.7. The van der Waals surface area contributed by atoms with Crippen LogP contribution in [0.2, 0.25) is 0 Å². The molecule has 0 aromatic heterocycles. The van der Waals surface area contributed by atoms with Gasteiger partial charge >= 0.3 is 5.97 Å². The molecule has 4 heteroatoms. The largest absolute Gasteiger partial charge is 0.478 e.